The number of amides is 1. The molecule has 2 N–H and O–H groups in total. The van der Waals surface area contributed by atoms with Crippen LogP contribution in [0.1, 0.15) is 18.1 Å². The summed E-state index contributed by atoms with van der Waals surface area (Å²) in [6.45, 7) is 1.63. The molecule has 0 aliphatic heterocycles. The molecule has 2 aromatic rings. The van der Waals surface area contributed by atoms with E-state index in [0.29, 0.717) is 11.1 Å². The Hall–Kier alpha value is -2.23. The van der Waals surface area contributed by atoms with Crippen LogP contribution in [0.25, 0.3) is 0 Å². The summed E-state index contributed by atoms with van der Waals surface area (Å²) in [5.41, 5.74) is 5.49. The molecule has 19 heavy (non-hydrogen) atoms. The minimum atomic E-state index is -1.12. The number of carbonyl (C=O) groups is 1. The number of rotatable bonds is 3. The first kappa shape index (κ1) is 13.2. The normalized spacial score (nSPS) is 11.3. The molecule has 0 atom stereocenters. The van der Waals surface area contributed by atoms with Gasteiger partial charge in [0.25, 0.3) is 0 Å². The summed E-state index contributed by atoms with van der Waals surface area (Å²) in [5, 5.41) is 0. The van der Waals surface area contributed by atoms with Gasteiger partial charge in [-0.05, 0) is 42.3 Å². The molecule has 2 nitrogen and oxygen atoms in total. The summed E-state index contributed by atoms with van der Waals surface area (Å²) in [6, 6.07) is 11.1. The number of hydrogen-bond acceptors (Lipinski definition) is 1. The van der Waals surface area contributed by atoms with E-state index in [2.05, 4.69) is 0 Å². The summed E-state index contributed by atoms with van der Waals surface area (Å²) >= 11 is 0. The largest absolute Gasteiger partial charge is 0.369 e. The highest BCUT2D eigenvalue weighted by atomic mass is 19.1. The van der Waals surface area contributed by atoms with Gasteiger partial charge in [-0.25, -0.2) is 8.78 Å². The Balaban J connectivity index is 2.57. The summed E-state index contributed by atoms with van der Waals surface area (Å²) in [6.07, 6.45) is 0. The van der Waals surface area contributed by atoms with Crippen LogP contribution in [-0.2, 0) is 10.2 Å². The number of hydrogen-bond donors (Lipinski definition) is 1. The molecule has 0 heterocycles. The highest BCUT2D eigenvalue weighted by Gasteiger charge is 2.35. The number of primary amides is 1. The lowest BCUT2D eigenvalue weighted by Crippen LogP contribution is -2.39. The van der Waals surface area contributed by atoms with E-state index < -0.39 is 23.0 Å². The summed E-state index contributed by atoms with van der Waals surface area (Å²) in [5.74, 6) is -1.37. The average molecular weight is 261 g/mol. The van der Waals surface area contributed by atoms with Gasteiger partial charge in [-0.15, -0.1) is 0 Å². The van der Waals surface area contributed by atoms with Crippen molar-refractivity contribution in [3.63, 3.8) is 0 Å². The molecule has 2 rings (SSSR count). The Morgan fingerprint density at radius 1 is 0.895 bits per heavy atom. The van der Waals surface area contributed by atoms with Crippen molar-refractivity contribution in [1.29, 1.82) is 0 Å². The van der Waals surface area contributed by atoms with E-state index in [9.17, 15) is 13.6 Å². The van der Waals surface area contributed by atoms with E-state index in [0.717, 1.165) is 0 Å². The Labute approximate surface area is 109 Å². The Morgan fingerprint density at radius 3 is 1.47 bits per heavy atom. The zero-order valence-electron chi connectivity index (χ0n) is 10.4. The maximum absolute atomic E-state index is 13.0. The summed E-state index contributed by atoms with van der Waals surface area (Å²) in [4.78, 5) is 11.8. The molecule has 1 amide bonds. The minimum Gasteiger partial charge on any atom is -0.369 e. The molecular formula is C15H13F2NO. The fourth-order valence-corrected chi connectivity index (χ4v) is 2.02. The third-order valence-electron chi connectivity index (χ3n) is 3.34. The number of nitrogens with two attached hydrogens (primary N) is 1. The van der Waals surface area contributed by atoms with Gasteiger partial charge in [-0.1, -0.05) is 24.3 Å². The van der Waals surface area contributed by atoms with Crippen LogP contribution in [0.2, 0.25) is 0 Å². The second-order valence-corrected chi connectivity index (χ2v) is 4.50. The van der Waals surface area contributed by atoms with Gasteiger partial charge in [0.15, 0.2) is 0 Å². The van der Waals surface area contributed by atoms with E-state index >= 15 is 0 Å². The Bertz CT molecular complexity index is 545. The fraction of sp³-hybridized carbons (Fsp3) is 0.133. The lowest BCUT2D eigenvalue weighted by atomic mass is 9.75. The van der Waals surface area contributed by atoms with Gasteiger partial charge >= 0.3 is 0 Å². The van der Waals surface area contributed by atoms with Crippen molar-refractivity contribution in [3.05, 3.63) is 71.3 Å². The first-order valence-corrected chi connectivity index (χ1v) is 5.76. The predicted molar refractivity (Wildman–Crippen MR) is 68.4 cm³/mol. The van der Waals surface area contributed by atoms with Crippen LogP contribution in [-0.4, -0.2) is 5.91 Å². The average Bonchev–Trinajstić information content (AvgIpc) is 2.39. The molecule has 0 fully saturated rings. The molecule has 98 valence electrons. The number of halogens is 2. The molecule has 0 unspecified atom stereocenters. The molecule has 0 aliphatic carbocycles. The van der Waals surface area contributed by atoms with Gasteiger partial charge in [-0.3, -0.25) is 4.79 Å². The van der Waals surface area contributed by atoms with Crippen LogP contribution < -0.4 is 5.73 Å². The number of carbonyl (C=O) groups excluding carboxylic acids is 1. The second kappa shape index (κ2) is 4.80. The monoisotopic (exact) mass is 261 g/mol. The van der Waals surface area contributed by atoms with Gasteiger partial charge in [0.1, 0.15) is 11.6 Å². The third kappa shape index (κ3) is 2.34. The first-order valence-electron chi connectivity index (χ1n) is 5.76. The Morgan fingerprint density at radius 2 is 1.21 bits per heavy atom. The van der Waals surface area contributed by atoms with Crippen molar-refractivity contribution in [3.8, 4) is 0 Å². The van der Waals surface area contributed by atoms with Crippen LogP contribution in [0.3, 0.4) is 0 Å². The van der Waals surface area contributed by atoms with Gasteiger partial charge < -0.3 is 5.73 Å². The van der Waals surface area contributed by atoms with Crippen molar-refractivity contribution in [1.82, 2.24) is 0 Å². The molecule has 0 aromatic heterocycles. The van der Waals surface area contributed by atoms with Gasteiger partial charge in [-0.2, -0.15) is 0 Å². The van der Waals surface area contributed by atoms with E-state index in [1.165, 1.54) is 48.5 Å². The van der Waals surface area contributed by atoms with Crippen molar-refractivity contribution >= 4 is 5.91 Å². The van der Waals surface area contributed by atoms with Crippen molar-refractivity contribution < 1.29 is 13.6 Å². The molecule has 2 aromatic carbocycles. The van der Waals surface area contributed by atoms with Crippen LogP contribution in [0.5, 0.6) is 0 Å². The van der Waals surface area contributed by atoms with Crippen molar-refractivity contribution in [2.45, 2.75) is 12.3 Å². The molecule has 0 saturated carbocycles. The minimum absolute atomic E-state index is 0.394. The topological polar surface area (TPSA) is 43.1 Å². The highest BCUT2D eigenvalue weighted by molar-refractivity contribution is 5.90. The van der Waals surface area contributed by atoms with Crippen LogP contribution in [0.4, 0.5) is 8.78 Å². The van der Waals surface area contributed by atoms with Gasteiger partial charge in [0.2, 0.25) is 5.91 Å². The maximum atomic E-state index is 13.0. The lowest BCUT2D eigenvalue weighted by molar-refractivity contribution is -0.121. The van der Waals surface area contributed by atoms with Crippen LogP contribution in [0.15, 0.2) is 48.5 Å². The SMILES string of the molecule is CC(C(N)=O)(c1ccc(F)cc1)c1ccc(F)cc1. The molecule has 4 heteroatoms. The van der Waals surface area contributed by atoms with Crippen LogP contribution >= 0.6 is 0 Å². The van der Waals surface area contributed by atoms with E-state index in [1.54, 1.807) is 6.92 Å². The van der Waals surface area contributed by atoms with Crippen LogP contribution in [0, 0.1) is 11.6 Å². The standard InChI is InChI=1S/C15H13F2NO/c1-15(14(18)19,10-2-6-12(16)7-3-10)11-4-8-13(17)9-5-11/h2-9H,1H3,(H2,18,19). The van der Waals surface area contributed by atoms with Crippen molar-refractivity contribution in [2.75, 3.05) is 0 Å². The lowest BCUT2D eigenvalue weighted by Gasteiger charge is -2.27. The molecule has 0 spiro atoms. The molecule has 0 radical (unpaired) electrons. The molecule has 0 bridgehead atoms. The highest BCUT2D eigenvalue weighted by Crippen LogP contribution is 2.31. The summed E-state index contributed by atoms with van der Waals surface area (Å²) in [7, 11) is 0. The van der Waals surface area contributed by atoms with E-state index in [1.807, 2.05) is 0 Å². The van der Waals surface area contributed by atoms with Gasteiger partial charge in [0, 0.05) is 0 Å². The molecule has 0 aliphatic rings. The van der Waals surface area contributed by atoms with E-state index in [-0.39, 0.29) is 0 Å². The number of benzene rings is 2. The Kier molecular flexibility index (Phi) is 3.34. The third-order valence-corrected chi connectivity index (χ3v) is 3.34. The zero-order chi connectivity index (χ0) is 14.0. The predicted octanol–water partition coefficient (Wildman–Crippen LogP) is 2.76. The molecular weight excluding hydrogens is 248 g/mol. The second-order valence-electron chi connectivity index (χ2n) is 4.50. The quantitative estimate of drug-likeness (QED) is 0.907. The first-order chi connectivity index (χ1) is 8.94. The maximum Gasteiger partial charge on any atom is 0.232 e. The van der Waals surface area contributed by atoms with E-state index in [4.69, 9.17) is 5.73 Å². The van der Waals surface area contributed by atoms with Gasteiger partial charge in [0.05, 0.1) is 5.41 Å². The van der Waals surface area contributed by atoms with Crippen molar-refractivity contribution in [2.24, 2.45) is 5.73 Å². The summed E-state index contributed by atoms with van der Waals surface area (Å²) < 4.78 is 25.9. The smallest absolute Gasteiger partial charge is 0.232 e. The zero-order valence-corrected chi connectivity index (χ0v) is 10.4. The molecule has 0 saturated heterocycles. The fourth-order valence-electron chi connectivity index (χ4n) is 2.02.